The van der Waals surface area contributed by atoms with Crippen molar-refractivity contribution in [3.63, 3.8) is 0 Å². The molecule has 0 spiro atoms. The van der Waals surface area contributed by atoms with Crippen LogP contribution in [0.25, 0.3) is 0 Å². The van der Waals surface area contributed by atoms with Crippen LogP contribution in [0.4, 0.5) is 0 Å². The average Bonchev–Trinajstić information content (AvgIpc) is 2.22. The smallest absolute Gasteiger partial charge is 0.184 e. The number of nitrogens with two attached hydrogens (primary N) is 1. The fraction of sp³-hybridized carbons (Fsp3) is 0. The van der Waals surface area contributed by atoms with E-state index in [4.69, 9.17) is 28.9 Å². The van der Waals surface area contributed by atoms with Gasteiger partial charge in [-0.3, -0.25) is 5.43 Å². The third-order valence-corrected chi connectivity index (χ3v) is 3.35. The SMILES string of the molecule is NC(=S)NN=Cc1cc(Br)c(Cl)c(Cl)c1O. The third kappa shape index (κ3) is 3.21. The molecule has 0 bridgehead atoms. The minimum Gasteiger partial charge on any atom is -0.506 e. The largest absolute Gasteiger partial charge is 0.506 e. The molecule has 0 aliphatic heterocycles. The van der Waals surface area contributed by atoms with E-state index in [1.54, 1.807) is 6.07 Å². The highest BCUT2D eigenvalue weighted by atomic mass is 79.9. The summed E-state index contributed by atoms with van der Waals surface area (Å²) in [6.45, 7) is 0. The number of thiocarbonyl (C=S) groups is 1. The topological polar surface area (TPSA) is 70.6 Å². The van der Waals surface area contributed by atoms with Crippen LogP contribution in [0.15, 0.2) is 15.6 Å². The third-order valence-electron chi connectivity index (χ3n) is 1.54. The van der Waals surface area contributed by atoms with E-state index in [9.17, 15) is 5.11 Å². The number of benzene rings is 1. The van der Waals surface area contributed by atoms with Gasteiger partial charge in [0.25, 0.3) is 0 Å². The number of aromatic hydroxyl groups is 1. The summed E-state index contributed by atoms with van der Waals surface area (Å²) in [7, 11) is 0. The van der Waals surface area contributed by atoms with Crippen LogP contribution < -0.4 is 11.2 Å². The van der Waals surface area contributed by atoms with Gasteiger partial charge < -0.3 is 10.8 Å². The van der Waals surface area contributed by atoms with E-state index in [1.165, 1.54) is 6.21 Å². The summed E-state index contributed by atoms with van der Waals surface area (Å²) in [4.78, 5) is 0. The number of halogens is 3. The van der Waals surface area contributed by atoms with Gasteiger partial charge in [-0.25, -0.2) is 0 Å². The summed E-state index contributed by atoms with van der Waals surface area (Å²) in [6.07, 6.45) is 1.32. The second kappa shape index (κ2) is 5.67. The van der Waals surface area contributed by atoms with Crippen molar-refractivity contribution in [2.75, 3.05) is 0 Å². The zero-order chi connectivity index (χ0) is 12.3. The standard InChI is InChI=1S/C8H6BrCl2N3OS/c9-4-1-3(2-13-14-8(12)16)7(15)6(11)5(4)10/h1-2,15H,(H3,12,14,16). The van der Waals surface area contributed by atoms with Gasteiger partial charge in [0, 0.05) is 10.0 Å². The molecule has 0 fully saturated rings. The molecule has 0 unspecified atom stereocenters. The minimum absolute atomic E-state index is 0.0230. The number of nitrogens with one attached hydrogen (secondary N) is 1. The molecule has 0 aliphatic carbocycles. The Labute approximate surface area is 116 Å². The molecule has 1 rings (SSSR count). The van der Waals surface area contributed by atoms with E-state index < -0.39 is 0 Å². The second-order valence-electron chi connectivity index (χ2n) is 2.66. The van der Waals surface area contributed by atoms with Gasteiger partial charge >= 0.3 is 0 Å². The summed E-state index contributed by atoms with van der Waals surface area (Å²) in [5, 5.41) is 13.6. The maximum absolute atomic E-state index is 9.65. The number of rotatable bonds is 2. The monoisotopic (exact) mass is 341 g/mol. The molecule has 0 amide bonds. The van der Waals surface area contributed by atoms with Crippen molar-refractivity contribution in [3.05, 3.63) is 26.1 Å². The number of phenolic OH excluding ortho intramolecular Hbond substituents is 1. The van der Waals surface area contributed by atoms with Crippen LogP contribution >= 0.6 is 51.3 Å². The second-order valence-corrected chi connectivity index (χ2v) is 4.71. The highest BCUT2D eigenvalue weighted by molar-refractivity contribution is 9.10. The van der Waals surface area contributed by atoms with Crippen LogP contribution in [0.1, 0.15) is 5.56 Å². The maximum Gasteiger partial charge on any atom is 0.184 e. The Morgan fingerprint density at radius 2 is 2.19 bits per heavy atom. The zero-order valence-corrected chi connectivity index (χ0v) is 11.6. The molecule has 1 aromatic rings. The molecule has 0 saturated carbocycles. The molecule has 0 saturated heterocycles. The number of hydrogen-bond donors (Lipinski definition) is 3. The first-order valence-electron chi connectivity index (χ1n) is 3.88. The van der Waals surface area contributed by atoms with Gasteiger partial charge in [0.2, 0.25) is 0 Å². The summed E-state index contributed by atoms with van der Waals surface area (Å²) in [5.41, 5.74) is 7.90. The van der Waals surface area contributed by atoms with Gasteiger partial charge in [-0.1, -0.05) is 23.2 Å². The van der Waals surface area contributed by atoms with E-state index in [1.807, 2.05) is 0 Å². The fourth-order valence-electron chi connectivity index (χ4n) is 0.868. The lowest BCUT2D eigenvalue weighted by atomic mass is 10.2. The van der Waals surface area contributed by atoms with Crippen LogP contribution in [0.2, 0.25) is 10.0 Å². The summed E-state index contributed by atoms with van der Waals surface area (Å²) in [5.74, 6) is -0.164. The van der Waals surface area contributed by atoms with E-state index in [2.05, 4.69) is 38.7 Å². The lowest BCUT2D eigenvalue weighted by molar-refractivity contribution is 0.474. The number of hydrogen-bond acceptors (Lipinski definition) is 3. The molecule has 8 heteroatoms. The van der Waals surface area contributed by atoms with E-state index in [0.29, 0.717) is 10.0 Å². The molecule has 0 aliphatic rings. The van der Waals surface area contributed by atoms with Crippen molar-refractivity contribution in [3.8, 4) is 5.75 Å². The minimum atomic E-state index is -0.164. The summed E-state index contributed by atoms with van der Waals surface area (Å²) >= 11 is 19.3. The maximum atomic E-state index is 9.65. The van der Waals surface area contributed by atoms with Crippen LogP contribution in [0, 0.1) is 0 Å². The quantitative estimate of drug-likeness (QED) is 0.334. The molecule has 0 radical (unpaired) electrons. The number of hydrazone groups is 1. The van der Waals surface area contributed by atoms with E-state index >= 15 is 0 Å². The Balaban J connectivity index is 3.06. The van der Waals surface area contributed by atoms with Gasteiger partial charge in [0.1, 0.15) is 10.8 Å². The Bertz CT molecular complexity index is 467. The zero-order valence-electron chi connectivity index (χ0n) is 7.67. The molecule has 0 atom stereocenters. The van der Waals surface area contributed by atoms with Gasteiger partial charge in [-0.05, 0) is 34.2 Å². The highest BCUT2D eigenvalue weighted by Crippen LogP contribution is 2.38. The Morgan fingerprint density at radius 1 is 1.56 bits per heavy atom. The molecular weight excluding hydrogens is 337 g/mol. The fourth-order valence-corrected chi connectivity index (χ4v) is 1.83. The molecule has 4 N–H and O–H groups in total. The van der Waals surface area contributed by atoms with Gasteiger partial charge in [0.05, 0.1) is 11.2 Å². The Kier molecular flexibility index (Phi) is 4.79. The first-order chi connectivity index (χ1) is 7.43. The van der Waals surface area contributed by atoms with Crippen LogP contribution in [0.3, 0.4) is 0 Å². The summed E-state index contributed by atoms with van der Waals surface area (Å²) < 4.78 is 0.550. The van der Waals surface area contributed by atoms with Crippen molar-refractivity contribution < 1.29 is 5.11 Å². The molecular formula is C8H6BrCl2N3OS. The summed E-state index contributed by atoms with van der Waals surface area (Å²) in [6, 6.07) is 1.56. The first kappa shape index (κ1) is 13.5. The predicted molar refractivity (Wildman–Crippen MR) is 73.3 cm³/mol. The predicted octanol–water partition coefficient (Wildman–Crippen LogP) is 2.63. The molecule has 86 valence electrons. The molecule has 1 aromatic carbocycles. The van der Waals surface area contributed by atoms with Crippen LogP contribution in [-0.4, -0.2) is 16.4 Å². The van der Waals surface area contributed by atoms with E-state index in [-0.39, 0.29) is 20.9 Å². The van der Waals surface area contributed by atoms with Gasteiger partial charge in [-0.2, -0.15) is 5.10 Å². The Hall–Kier alpha value is -0.560. The van der Waals surface area contributed by atoms with Crippen molar-refractivity contribution >= 4 is 62.7 Å². The normalized spacial score (nSPS) is 10.7. The van der Waals surface area contributed by atoms with Crippen molar-refractivity contribution in [2.24, 2.45) is 10.8 Å². The molecule has 4 nitrogen and oxygen atoms in total. The van der Waals surface area contributed by atoms with Crippen LogP contribution in [-0.2, 0) is 0 Å². The molecule has 16 heavy (non-hydrogen) atoms. The van der Waals surface area contributed by atoms with Crippen molar-refractivity contribution in [1.82, 2.24) is 5.43 Å². The van der Waals surface area contributed by atoms with Crippen LogP contribution in [0.5, 0.6) is 5.75 Å². The van der Waals surface area contributed by atoms with Crippen molar-refractivity contribution in [2.45, 2.75) is 0 Å². The van der Waals surface area contributed by atoms with Gasteiger partial charge in [0.15, 0.2) is 5.11 Å². The van der Waals surface area contributed by atoms with Crippen molar-refractivity contribution in [1.29, 1.82) is 0 Å². The first-order valence-corrected chi connectivity index (χ1v) is 5.84. The molecule has 0 heterocycles. The number of nitrogens with zero attached hydrogens (tertiary/aromatic N) is 1. The molecule has 0 aromatic heterocycles. The van der Waals surface area contributed by atoms with E-state index in [0.717, 1.165) is 0 Å². The lowest BCUT2D eigenvalue weighted by Crippen LogP contribution is -2.24. The van der Waals surface area contributed by atoms with Gasteiger partial charge in [-0.15, -0.1) is 0 Å². The lowest BCUT2D eigenvalue weighted by Gasteiger charge is -2.05. The highest BCUT2D eigenvalue weighted by Gasteiger charge is 2.12. The average molecular weight is 343 g/mol. The Morgan fingerprint density at radius 3 is 2.75 bits per heavy atom. The number of phenols is 1.